The van der Waals surface area contributed by atoms with Gasteiger partial charge < -0.3 is 10.8 Å². The zero-order chi connectivity index (χ0) is 14.0. The Hall–Kier alpha value is -0.770. The highest BCUT2D eigenvalue weighted by molar-refractivity contribution is 6.42. The summed E-state index contributed by atoms with van der Waals surface area (Å²) >= 11 is 11.9. The van der Waals surface area contributed by atoms with Gasteiger partial charge in [-0.25, -0.2) is 0 Å². The Labute approximate surface area is 122 Å². The van der Waals surface area contributed by atoms with Crippen molar-refractivity contribution in [3.8, 4) is 0 Å². The number of rotatable bonds is 3. The summed E-state index contributed by atoms with van der Waals surface area (Å²) in [4.78, 5) is 11.8. The van der Waals surface area contributed by atoms with Crippen LogP contribution in [0.5, 0.6) is 0 Å². The van der Waals surface area contributed by atoms with Gasteiger partial charge >= 0.3 is 0 Å². The van der Waals surface area contributed by atoms with Crippen LogP contribution in [-0.2, 0) is 4.79 Å². The minimum Gasteiger partial charge on any atom is -0.389 e. The molecule has 1 saturated carbocycles. The molecule has 0 heterocycles. The van der Waals surface area contributed by atoms with Crippen LogP contribution in [0.1, 0.15) is 43.6 Å². The fourth-order valence-corrected chi connectivity index (χ4v) is 3.19. The lowest BCUT2D eigenvalue weighted by Gasteiger charge is -2.37. The molecule has 2 rings (SSSR count). The van der Waals surface area contributed by atoms with Gasteiger partial charge in [-0.3, -0.25) is 4.79 Å². The molecular formula is C14H17Cl2NO2. The quantitative estimate of drug-likeness (QED) is 0.900. The van der Waals surface area contributed by atoms with Crippen LogP contribution in [0, 0.1) is 0 Å². The number of benzene rings is 1. The third-order valence-electron chi connectivity index (χ3n) is 3.82. The SMILES string of the molecule is NC(=O)C(c1ccc(Cl)c(Cl)c1)C1(O)CCCCC1. The molecule has 1 aliphatic carbocycles. The minimum atomic E-state index is -1.07. The van der Waals surface area contributed by atoms with E-state index in [4.69, 9.17) is 28.9 Å². The van der Waals surface area contributed by atoms with Crippen molar-refractivity contribution >= 4 is 29.1 Å². The maximum absolute atomic E-state index is 11.8. The highest BCUT2D eigenvalue weighted by Crippen LogP contribution is 2.41. The zero-order valence-corrected chi connectivity index (χ0v) is 12.0. The van der Waals surface area contributed by atoms with Crippen LogP contribution in [0.25, 0.3) is 0 Å². The van der Waals surface area contributed by atoms with E-state index in [0.717, 1.165) is 19.3 Å². The summed E-state index contributed by atoms with van der Waals surface area (Å²) < 4.78 is 0. The molecule has 1 amide bonds. The number of carbonyl (C=O) groups is 1. The van der Waals surface area contributed by atoms with Crippen molar-refractivity contribution in [2.75, 3.05) is 0 Å². The smallest absolute Gasteiger partial charge is 0.227 e. The third kappa shape index (κ3) is 3.04. The average Bonchev–Trinajstić information content (AvgIpc) is 2.34. The molecule has 1 fully saturated rings. The first-order valence-corrected chi connectivity index (χ1v) is 7.16. The molecule has 0 bridgehead atoms. The normalized spacial score (nSPS) is 19.9. The molecule has 0 saturated heterocycles. The van der Waals surface area contributed by atoms with Crippen LogP contribution < -0.4 is 5.73 Å². The lowest BCUT2D eigenvalue weighted by atomic mass is 9.72. The standard InChI is InChI=1S/C14H17Cl2NO2/c15-10-5-4-9(8-11(10)16)12(13(17)18)14(19)6-2-1-3-7-14/h4-5,8,12,19H,1-3,6-7H2,(H2,17,18). The maximum Gasteiger partial charge on any atom is 0.227 e. The number of amides is 1. The van der Waals surface area contributed by atoms with E-state index in [1.54, 1.807) is 18.2 Å². The van der Waals surface area contributed by atoms with E-state index >= 15 is 0 Å². The van der Waals surface area contributed by atoms with Gasteiger partial charge in [-0.15, -0.1) is 0 Å². The molecular weight excluding hydrogens is 285 g/mol. The molecule has 0 aromatic heterocycles. The Kier molecular flexibility index (Phi) is 4.39. The van der Waals surface area contributed by atoms with E-state index in [1.807, 2.05) is 0 Å². The zero-order valence-electron chi connectivity index (χ0n) is 10.5. The lowest BCUT2D eigenvalue weighted by Crippen LogP contribution is -2.44. The van der Waals surface area contributed by atoms with Crippen LogP contribution in [0.2, 0.25) is 10.0 Å². The van der Waals surface area contributed by atoms with Crippen molar-refractivity contribution in [3.63, 3.8) is 0 Å². The van der Waals surface area contributed by atoms with Gasteiger partial charge in [0, 0.05) is 0 Å². The van der Waals surface area contributed by atoms with Crippen molar-refractivity contribution in [1.29, 1.82) is 0 Å². The largest absolute Gasteiger partial charge is 0.389 e. The molecule has 0 aliphatic heterocycles. The first-order valence-electron chi connectivity index (χ1n) is 6.41. The number of halogens is 2. The Bertz CT molecular complexity index is 484. The molecule has 19 heavy (non-hydrogen) atoms. The number of hydrogen-bond acceptors (Lipinski definition) is 2. The molecule has 1 aromatic carbocycles. The first-order chi connectivity index (χ1) is 8.94. The Balaban J connectivity index is 2.39. The van der Waals surface area contributed by atoms with Crippen molar-refractivity contribution in [1.82, 2.24) is 0 Å². The molecule has 1 atom stereocenters. The van der Waals surface area contributed by atoms with E-state index in [0.29, 0.717) is 28.5 Å². The van der Waals surface area contributed by atoms with Gasteiger partial charge in [-0.2, -0.15) is 0 Å². The lowest BCUT2D eigenvalue weighted by molar-refractivity contribution is -0.127. The number of carbonyl (C=O) groups excluding carboxylic acids is 1. The topological polar surface area (TPSA) is 63.3 Å². The van der Waals surface area contributed by atoms with E-state index < -0.39 is 17.4 Å². The van der Waals surface area contributed by atoms with E-state index in [-0.39, 0.29) is 0 Å². The molecule has 104 valence electrons. The van der Waals surface area contributed by atoms with Gasteiger partial charge in [-0.1, -0.05) is 48.5 Å². The number of primary amides is 1. The average molecular weight is 302 g/mol. The summed E-state index contributed by atoms with van der Waals surface area (Å²) in [5.41, 5.74) is 5.06. The van der Waals surface area contributed by atoms with Gasteiger partial charge in [0.2, 0.25) is 5.91 Å². The molecule has 0 spiro atoms. The van der Waals surface area contributed by atoms with Crippen molar-refractivity contribution in [2.24, 2.45) is 5.73 Å². The van der Waals surface area contributed by atoms with E-state index in [9.17, 15) is 9.90 Å². The molecule has 5 heteroatoms. The van der Waals surface area contributed by atoms with Gasteiger partial charge in [0.1, 0.15) is 0 Å². The van der Waals surface area contributed by atoms with Crippen LogP contribution in [-0.4, -0.2) is 16.6 Å². The summed E-state index contributed by atoms with van der Waals surface area (Å²) in [6, 6.07) is 4.95. The van der Waals surface area contributed by atoms with Gasteiger partial charge in [0.25, 0.3) is 0 Å². The Morgan fingerprint density at radius 2 is 1.84 bits per heavy atom. The molecule has 0 radical (unpaired) electrons. The first kappa shape index (κ1) is 14.6. The predicted octanol–water partition coefficient (Wildman–Crippen LogP) is 3.26. The van der Waals surface area contributed by atoms with Crippen LogP contribution in [0.3, 0.4) is 0 Å². The van der Waals surface area contributed by atoms with Gasteiger partial charge in [0.15, 0.2) is 0 Å². The highest BCUT2D eigenvalue weighted by atomic mass is 35.5. The molecule has 1 aromatic rings. The second-order valence-corrected chi connectivity index (χ2v) is 5.99. The predicted molar refractivity (Wildman–Crippen MR) is 76.4 cm³/mol. The Morgan fingerprint density at radius 1 is 1.21 bits per heavy atom. The molecule has 1 unspecified atom stereocenters. The second kappa shape index (κ2) is 5.70. The van der Waals surface area contributed by atoms with Crippen LogP contribution in [0.15, 0.2) is 18.2 Å². The van der Waals surface area contributed by atoms with Crippen LogP contribution in [0.4, 0.5) is 0 Å². The second-order valence-electron chi connectivity index (χ2n) is 5.17. The number of aliphatic hydroxyl groups is 1. The van der Waals surface area contributed by atoms with E-state index in [1.165, 1.54) is 0 Å². The summed E-state index contributed by atoms with van der Waals surface area (Å²) in [7, 11) is 0. The van der Waals surface area contributed by atoms with E-state index in [2.05, 4.69) is 0 Å². The fourth-order valence-electron chi connectivity index (χ4n) is 2.88. The van der Waals surface area contributed by atoms with Gasteiger partial charge in [0.05, 0.1) is 21.6 Å². The van der Waals surface area contributed by atoms with Crippen molar-refractivity contribution < 1.29 is 9.90 Å². The van der Waals surface area contributed by atoms with Gasteiger partial charge in [-0.05, 0) is 30.5 Å². The summed E-state index contributed by atoms with van der Waals surface area (Å²) in [5, 5.41) is 11.5. The molecule has 1 aliphatic rings. The highest BCUT2D eigenvalue weighted by Gasteiger charge is 2.42. The number of hydrogen-bond donors (Lipinski definition) is 2. The monoisotopic (exact) mass is 301 g/mol. The van der Waals surface area contributed by atoms with Crippen molar-refractivity contribution in [2.45, 2.75) is 43.6 Å². The van der Waals surface area contributed by atoms with Crippen LogP contribution >= 0.6 is 23.2 Å². The molecule has 3 nitrogen and oxygen atoms in total. The Morgan fingerprint density at radius 3 is 2.37 bits per heavy atom. The summed E-state index contributed by atoms with van der Waals surface area (Å²) in [6.45, 7) is 0. The minimum absolute atomic E-state index is 0.366. The maximum atomic E-state index is 11.8. The third-order valence-corrected chi connectivity index (χ3v) is 4.56. The molecule has 3 N–H and O–H groups in total. The van der Waals surface area contributed by atoms with Crippen molar-refractivity contribution in [3.05, 3.63) is 33.8 Å². The number of nitrogens with two attached hydrogens (primary N) is 1. The summed E-state index contributed by atoms with van der Waals surface area (Å²) in [5.74, 6) is -1.26. The summed E-state index contributed by atoms with van der Waals surface area (Å²) in [6.07, 6.45) is 4.06. The fraction of sp³-hybridized carbons (Fsp3) is 0.500.